The zero-order valence-corrected chi connectivity index (χ0v) is 9.52. The number of sulfonamides is 1. The Labute approximate surface area is 100 Å². The number of halogens is 2. The second-order valence-electron chi connectivity index (χ2n) is 3.18. The van der Waals surface area contributed by atoms with Crippen LogP contribution in [0, 0.1) is 0 Å². The van der Waals surface area contributed by atoms with Gasteiger partial charge in [0.05, 0.1) is 0 Å². The molecular weight excluding hydrogens is 276 g/mol. The second-order valence-corrected chi connectivity index (χ2v) is 4.88. The van der Waals surface area contributed by atoms with Crippen molar-refractivity contribution in [2.75, 3.05) is 6.54 Å². The maximum absolute atomic E-state index is 11.9. The smallest absolute Gasteiger partial charge is 0.371 e. The van der Waals surface area contributed by atoms with E-state index in [1.165, 1.54) is 0 Å². The van der Waals surface area contributed by atoms with E-state index >= 15 is 0 Å². The van der Waals surface area contributed by atoms with Crippen molar-refractivity contribution in [3.05, 3.63) is 17.9 Å². The highest BCUT2D eigenvalue weighted by molar-refractivity contribution is 7.89. The monoisotopic (exact) mass is 285 g/mol. The SMILES string of the molecule is O=C(O)c1ccc(S(=O)(=O)NCC(O)C(F)F)o1. The Balaban J connectivity index is 2.77. The average molecular weight is 285 g/mol. The molecule has 0 aliphatic rings. The lowest BCUT2D eigenvalue weighted by Gasteiger charge is -2.09. The van der Waals surface area contributed by atoms with Crippen molar-refractivity contribution in [3.63, 3.8) is 0 Å². The van der Waals surface area contributed by atoms with Crippen molar-refractivity contribution in [1.29, 1.82) is 0 Å². The van der Waals surface area contributed by atoms with E-state index in [4.69, 9.17) is 10.2 Å². The van der Waals surface area contributed by atoms with Gasteiger partial charge in [0.25, 0.3) is 16.4 Å². The van der Waals surface area contributed by atoms with Crippen LogP contribution in [-0.4, -0.2) is 43.7 Å². The van der Waals surface area contributed by atoms with Gasteiger partial charge in [-0.15, -0.1) is 0 Å². The maximum atomic E-state index is 11.9. The van der Waals surface area contributed by atoms with E-state index in [-0.39, 0.29) is 0 Å². The molecule has 0 fully saturated rings. The lowest BCUT2D eigenvalue weighted by Crippen LogP contribution is -2.35. The third-order valence-corrected chi connectivity index (χ3v) is 3.13. The van der Waals surface area contributed by atoms with Gasteiger partial charge in [-0.3, -0.25) is 0 Å². The number of carboxylic acid groups (broad SMARTS) is 1. The molecule has 18 heavy (non-hydrogen) atoms. The third-order valence-electron chi connectivity index (χ3n) is 1.83. The van der Waals surface area contributed by atoms with Gasteiger partial charge >= 0.3 is 5.97 Å². The number of aromatic carboxylic acids is 1. The quantitative estimate of drug-likeness (QED) is 0.671. The molecule has 1 heterocycles. The van der Waals surface area contributed by atoms with Gasteiger partial charge in [0.15, 0.2) is 0 Å². The summed E-state index contributed by atoms with van der Waals surface area (Å²) >= 11 is 0. The Morgan fingerprint density at radius 3 is 2.50 bits per heavy atom. The van der Waals surface area contributed by atoms with Gasteiger partial charge in [0.2, 0.25) is 10.9 Å². The second kappa shape index (κ2) is 5.42. The number of aliphatic hydroxyl groups is 1. The van der Waals surface area contributed by atoms with Crippen molar-refractivity contribution >= 4 is 16.0 Å². The fourth-order valence-corrected chi connectivity index (χ4v) is 1.91. The Morgan fingerprint density at radius 1 is 1.44 bits per heavy atom. The van der Waals surface area contributed by atoms with E-state index in [1.807, 2.05) is 0 Å². The summed E-state index contributed by atoms with van der Waals surface area (Å²) < 4.78 is 52.9. The highest BCUT2D eigenvalue weighted by Crippen LogP contribution is 2.13. The Hall–Kier alpha value is -1.52. The molecular formula is C8H9F2NO6S. The fraction of sp³-hybridized carbons (Fsp3) is 0.375. The van der Waals surface area contributed by atoms with Crippen LogP contribution in [0.25, 0.3) is 0 Å². The van der Waals surface area contributed by atoms with Crippen LogP contribution >= 0.6 is 0 Å². The van der Waals surface area contributed by atoms with Crippen LogP contribution in [0.4, 0.5) is 8.78 Å². The highest BCUT2D eigenvalue weighted by Gasteiger charge is 2.24. The molecule has 7 nitrogen and oxygen atoms in total. The summed E-state index contributed by atoms with van der Waals surface area (Å²) in [4.78, 5) is 10.4. The summed E-state index contributed by atoms with van der Waals surface area (Å²) in [5.41, 5.74) is 0. The summed E-state index contributed by atoms with van der Waals surface area (Å²) in [6.07, 6.45) is -5.26. The standard InChI is InChI=1S/C8H9F2NO6S/c9-7(10)4(12)3-11-18(15,16)6-2-1-5(17-6)8(13)14/h1-2,4,7,11-12H,3H2,(H,13,14). The van der Waals surface area contributed by atoms with Crippen molar-refractivity contribution < 1.29 is 36.6 Å². The largest absolute Gasteiger partial charge is 0.475 e. The minimum atomic E-state index is -4.27. The van der Waals surface area contributed by atoms with E-state index in [0.717, 1.165) is 12.1 Å². The number of carbonyl (C=O) groups is 1. The number of hydrogen-bond acceptors (Lipinski definition) is 5. The summed E-state index contributed by atoms with van der Waals surface area (Å²) in [7, 11) is -4.27. The van der Waals surface area contributed by atoms with Gasteiger partial charge in [-0.05, 0) is 12.1 Å². The Kier molecular flexibility index (Phi) is 4.38. The molecule has 3 N–H and O–H groups in total. The van der Waals surface area contributed by atoms with Gasteiger partial charge < -0.3 is 14.6 Å². The van der Waals surface area contributed by atoms with E-state index in [1.54, 1.807) is 4.72 Å². The lowest BCUT2D eigenvalue weighted by atomic mass is 10.4. The van der Waals surface area contributed by atoms with Crippen LogP contribution in [0.5, 0.6) is 0 Å². The number of hydrogen-bond donors (Lipinski definition) is 3. The molecule has 1 aromatic rings. The molecule has 0 bridgehead atoms. The van der Waals surface area contributed by atoms with E-state index in [2.05, 4.69) is 4.42 Å². The van der Waals surface area contributed by atoms with Crippen LogP contribution in [0.15, 0.2) is 21.6 Å². The summed E-state index contributed by atoms with van der Waals surface area (Å²) in [5.74, 6) is -2.08. The van der Waals surface area contributed by atoms with Crippen molar-refractivity contribution in [2.45, 2.75) is 17.6 Å². The minimum absolute atomic E-state index is 0.607. The summed E-state index contributed by atoms with van der Waals surface area (Å²) in [6.45, 7) is -0.914. The van der Waals surface area contributed by atoms with Crippen LogP contribution < -0.4 is 4.72 Å². The minimum Gasteiger partial charge on any atom is -0.475 e. The molecule has 10 heteroatoms. The molecule has 0 saturated heterocycles. The van der Waals surface area contributed by atoms with Crippen molar-refractivity contribution in [3.8, 4) is 0 Å². The third kappa shape index (κ3) is 3.48. The molecule has 0 aliphatic carbocycles. The topological polar surface area (TPSA) is 117 Å². The Morgan fingerprint density at radius 2 is 2.06 bits per heavy atom. The van der Waals surface area contributed by atoms with Gasteiger partial charge in [-0.1, -0.05) is 0 Å². The molecule has 1 aromatic heterocycles. The van der Waals surface area contributed by atoms with E-state index in [9.17, 15) is 22.0 Å². The van der Waals surface area contributed by atoms with Crippen molar-refractivity contribution in [2.24, 2.45) is 0 Å². The molecule has 0 saturated carbocycles. The highest BCUT2D eigenvalue weighted by atomic mass is 32.2. The molecule has 0 amide bonds. The number of aliphatic hydroxyl groups excluding tert-OH is 1. The van der Waals surface area contributed by atoms with Gasteiger partial charge in [-0.25, -0.2) is 26.7 Å². The first-order valence-electron chi connectivity index (χ1n) is 4.53. The fourth-order valence-electron chi connectivity index (χ4n) is 0.935. The zero-order valence-electron chi connectivity index (χ0n) is 8.71. The number of alkyl halides is 2. The number of nitrogens with one attached hydrogen (secondary N) is 1. The lowest BCUT2D eigenvalue weighted by molar-refractivity contribution is -0.000491. The molecule has 1 rings (SSSR count). The predicted octanol–water partition coefficient (Wildman–Crippen LogP) is -0.118. The van der Waals surface area contributed by atoms with Crippen LogP contribution in [0.2, 0.25) is 0 Å². The van der Waals surface area contributed by atoms with Crippen LogP contribution in [0.3, 0.4) is 0 Å². The van der Waals surface area contributed by atoms with Crippen LogP contribution in [0.1, 0.15) is 10.6 Å². The first-order valence-corrected chi connectivity index (χ1v) is 6.01. The first kappa shape index (κ1) is 14.5. The van der Waals surface area contributed by atoms with Gasteiger partial charge in [0, 0.05) is 6.54 Å². The van der Waals surface area contributed by atoms with Gasteiger partial charge in [-0.2, -0.15) is 0 Å². The predicted molar refractivity (Wildman–Crippen MR) is 52.9 cm³/mol. The Bertz CT molecular complexity index is 525. The number of carboxylic acids is 1. The summed E-state index contributed by atoms with van der Waals surface area (Å²) in [5, 5.41) is 16.5. The average Bonchev–Trinajstić information content (AvgIpc) is 2.75. The molecule has 0 radical (unpaired) electrons. The molecule has 1 atom stereocenters. The van der Waals surface area contributed by atoms with Gasteiger partial charge in [0.1, 0.15) is 6.10 Å². The molecule has 102 valence electrons. The summed E-state index contributed by atoms with van der Waals surface area (Å²) in [6, 6.07) is 1.76. The molecule has 0 spiro atoms. The number of furan rings is 1. The molecule has 0 aromatic carbocycles. The van der Waals surface area contributed by atoms with Crippen LogP contribution in [-0.2, 0) is 10.0 Å². The molecule has 0 aliphatic heterocycles. The first-order chi connectivity index (χ1) is 8.24. The zero-order chi connectivity index (χ0) is 13.9. The maximum Gasteiger partial charge on any atom is 0.371 e. The normalized spacial score (nSPS) is 13.8. The van der Waals surface area contributed by atoms with Crippen molar-refractivity contribution in [1.82, 2.24) is 4.72 Å². The molecule has 1 unspecified atom stereocenters. The number of rotatable bonds is 6. The van der Waals surface area contributed by atoms with E-state index < -0.39 is 45.9 Å². The van der Waals surface area contributed by atoms with E-state index in [0.29, 0.717) is 0 Å².